The first-order chi connectivity index (χ1) is 10.1. The summed E-state index contributed by atoms with van der Waals surface area (Å²) in [5.74, 6) is -0.0628. The first-order valence-electron chi connectivity index (χ1n) is 6.92. The SMILES string of the molecule is CNCCc1ccccc1C(=O)Nc1ccc(Br)cc1C. The topological polar surface area (TPSA) is 41.1 Å². The highest BCUT2D eigenvalue weighted by Crippen LogP contribution is 2.21. The van der Waals surface area contributed by atoms with Crippen molar-refractivity contribution in [3.8, 4) is 0 Å². The summed E-state index contributed by atoms with van der Waals surface area (Å²) in [6.07, 6.45) is 0.833. The molecular formula is C17H19BrN2O. The second kappa shape index (κ2) is 7.38. The largest absolute Gasteiger partial charge is 0.322 e. The molecule has 0 unspecified atom stereocenters. The molecule has 2 aromatic carbocycles. The molecule has 0 aliphatic rings. The van der Waals surface area contributed by atoms with Crippen LogP contribution in [0, 0.1) is 6.92 Å². The van der Waals surface area contributed by atoms with Crippen molar-refractivity contribution in [2.45, 2.75) is 13.3 Å². The second-order valence-corrected chi connectivity index (χ2v) is 5.84. The molecule has 0 fully saturated rings. The van der Waals surface area contributed by atoms with Gasteiger partial charge in [0.05, 0.1) is 0 Å². The van der Waals surface area contributed by atoms with Crippen molar-refractivity contribution >= 4 is 27.5 Å². The summed E-state index contributed by atoms with van der Waals surface area (Å²) in [4.78, 5) is 12.5. The first-order valence-corrected chi connectivity index (χ1v) is 7.71. The summed E-state index contributed by atoms with van der Waals surface area (Å²) < 4.78 is 1.01. The van der Waals surface area contributed by atoms with Gasteiger partial charge >= 0.3 is 0 Å². The zero-order valence-electron chi connectivity index (χ0n) is 12.2. The van der Waals surface area contributed by atoms with Gasteiger partial charge in [-0.2, -0.15) is 0 Å². The van der Waals surface area contributed by atoms with Gasteiger partial charge in [-0.05, 0) is 62.3 Å². The lowest BCUT2D eigenvalue weighted by molar-refractivity contribution is 0.102. The molecule has 2 N–H and O–H groups in total. The van der Waals surface area contributed by atoms with Gasteiger partial charge in [0.15, 0.2) is 0 Å². The van der Waals surface area contributed by atoms with E-state index in [1.54, 1.807) is 0 Å². The normalized spacial score (nSPS) is 10.4. The number of anilines is 1. The zero-order chi connectivity index (χ0) is 15.2. The number of nitrogens with one attached hydrogen (secondary N) is 2. The summed E-state index contributed by atoms with van der Waals surface area (Å²) in [6, 6.07) is 13.6. The Morgan fingerprint density at radius 3 is 2.67 bits per heavy atom. The van der Waals surface area contributed by atoms with E-state index in [2.05, 4.69) is 26.6 Å². The lowest BCUT2D eigenvalue weighted by atomic mass is 10.0. The third kappa shape index (κ3) is 4.16. The number of rotatable bonds is 5. The van der Waals surface area contributed by atoms with E-state index >= 15 is 0 Å². The van der Waals surface area contributed by atoms with Crippen LogP contribution in [0.1, 0.15) is 21.5 Å². The van der Waals surface area contributed by atoms with Crippen LogP contribution >= 0.6 is 15.9 Å². The van der Waals surface area contributed by atoms with E-state index in [9.17, 15) is 4.79 Å². The van der Waals surface area contributed by atoms with E-state index in [1.165, 1.54) is 0 Å². The molecule has 0 radical (unpaired) electrons. The maximum atomic E-state index is 12.5. The van der Waals surface area contributed by atoms with Crippen LogP contribution < -0.4 is 10.6 Å². The highest BCUT2D eigenvalue weighted by molar-refractivity contribution is 9.10. The smallest absolute Gasteiger partial charge is 0.255 e. The fourth-order valence-electron chi connectivity index (χ4n) is 2.18. The van der Waals surface area contributed by atoms with E-state index in [0.29, 0.717) is 0 Å². The molecule has 0 aliphatic carbocycles. The van der Waals surface area contributed by atoms with Gasteiger partial charge in [0, 0.05) is 15.7 Å². The maximum absolute atomic E-state index is 12.5. The summed E-state index contributed by atoms with van der Waals surface area (Å²) in [7, 11) is 1.91. The van der Waals surface area contributed by atoms with Gasteiger partial charge in [0.1, 0.15) is 0 Å². The second-order valence-electron chi connectivity index (χ2n) is 4.92. The minimum absolute atomic E-state index is 0.0628. The number of hydrogen-bond acceptors (Lipinski definition) is 2. The van der Waals surface area contributed by atoms with E-state index < -0.39 is 0 Å². The minimum atomic E-state index is -0.0628. The molecule has 0 saturated heterocycles. The van der Waals surface area contributed by atoms with Gasteiger partial charge in [-0.25, -0.2) is 0 Å². The molecule has 0 aliphatic heterocycles. The number of carbonyl (C=O) groups excluding carboxylic acids is 1. The van der Waals surface area contributed by atoms with E-state index in [4.69, 9.17) is 0 Å². The molecule has 2 aromatic rings. The number of amides is 1. The van der Waals surface area contributed by atoms with Crippen LogP contribution in [-0.2, 0) is 6.42 Å². The van der Waals surface area contributed by atoms with Crippen LogP contribution in [-0.4, -0.2) is 19.5 Å². The maximum Gasteiger partial charge on any atom is 0.255 e. The zero-order valence-corrected chi connectivity index (χ0v) is 13.8. The fourth-order valence-corrected chi connectivity index (χ4v) is 2.65. The summed E-state index contributed by atoms with van der Waals surface area (Å²) in [5.41, 5.74) is 3.66. The molecule has 0 heterocycles. The van der Waals surface area contributed by atoms with Gasteiger partial charge in [-0.15, -0.1) is 0 Å². The number of carbonyl (C=O) groups is 1. The van der Waals surface area contributed by atoms with Gasteiger partial charge in [0.25, 0.3) is 5.91 Å². The Balaban J connectivity index is 2.20. The fraction of sp³-hybridized carbons (Fsp3) is 0.235. The molecule has 3 nitrogen and oxygen atoms in total. The Labute approximate surface area is 133 Å². The lowest BCUT2D eigenvalue weighted by Gasteiger charge is -2.12. The van der Waals surface area contributed by atoms with Crippen molar-refractivity contribution in [2.75, 3.05) is 18.9 Å². The number of aryl methyl sites for hydroxylation is 1. The average molecular weight is 347 g/mol. The van der Waals surface area contributed by atoms with Gasteiger partial charge < -0.3 is 10.6 Å². The molecule has 0 saturated carbocycles. The van der Waals surface area contributed by atoms with Crippen molar-refractivity contribution < 1.29 is 4.79 Å². The van der Waals surface area contributed by atoms with Crippen molar-refractivity contribution in [1.29, 1.82) is 0 Å². The molecule has 4 heteroatoms. The van der Waals surface area contributed by atoms with Crippen LogP contribution in [0.15, 0.2) is 46.9 Å². The van der Waals surface area contributed by atoms with Crippen molar-refractivity contribution in [3.05, 3.63) is 63.6 Å². The van der Waals surface area contributed by atoms with Crippen molar-refractivity contribution in [2.24, 2.45) is 0 Å². The van der Waals surface area contributed by atoms with Crippen LogP contribution in [0.4, 0.5) is 5.69 Å². The van der Waals surface area contributed by atoms with E-state index in [-0.39, 0.29) is 5.91 Å². The standard InChI is InChI=1S/C17H19BrN2O/c1-12-11-14(18)7-8-16(12)20-17(21)15-6-4-3-5-13(15)9-10-19-2/h3-8,11,19H,9-10H2,1-2H3,(H,20,21). The van der Waals surface area contributed by atoms with Crippen molar-refractivity contribution in [1.82, 2.24) is 5.32 Å². The van der Waals surface area contributed by atoms with Crippen LogP contribution in [0.25, 0.3) is 0 Å². The van der Waals surface area contributed by atoms with Crippen LogP contribution in [0.2, 0.25) is 0 Å². The monoisotopic (exact) mass is 346 g/mol. The van der Waals surface area contributed by atoms with E-state index in [1.807, 2.05) is 56.4 Å². The molecule has 1 amide bonds. The number of likely N-dealkylation sites (N-methyl/N-ethyl adjacent to an activating group) is 1. The van der Waals surface area contributed by atoms with Crippen LogP contribution in [0.5, 0.6) is 0 Å². The summed E-state index contributed by atoms with van der Waals surface area (Å²) in [6.45, 7) is 2.83. The van der Waals surface area contributed by atoms with Gasteiger partial charge in [0.2, 0.25) is 0 Å². The lowest BCUT2D eigenvalue weighted by Crippen LogP contribution is -2.17. The van der Waals surface area contributed by atoms with Gasteiger partial charge in [-0.3, -0.25) is 4.79 Å². The van der Waals surface area contributed by atoms with Gasteiger partial charge in [-0.1, -0.05) is 34.1 Å². The molecule has 0 atom stereocenters. The Morgan fingerprint density at radius 1 is 1.19 bits per heavy atom. The minimum Gasteiger partial charge on any atom is -0.322 e. The summed E-state index contributed by atoms with van der Waals surface area (Å²) >= 11 is 3.43. The molecule has 21 heavy (non-hydrogen) atoms. The molecule has 0 bridgehead atoms. The predicted octanol–water partition coefficient (Wildman–Crippen LogP) is 3.77. The molecular weight excluding hydrogens is 328 g/mol. The predicted molar refractivity (Wildman–Crippen MR) is 90.9 cm³/mol. The van der Waals surface area contributed by atoms with Crippen LogP contribution in [0.3, 0.4) is 0 Å². The highest BCUT2D eigenvalue weighted by Gasteiger charge is 2.11. The highest BCUT2D eigenvalue weighted by atomic mass is 79.9. The first kappa shape index (κ1) is 15.7. The number of halogens is 1. The third-order valence-electron chi connectivity index (χ3n) is 3.34. The number of hydrogen-bond donors (Lipinski definition) is 2. The quantitative estimate of drug-likeness (QED) is 0.865. The summed E-state index contributed by atoms with van der Waals surface area (Å²) in [5, 5.41) is 6.10. The van der Waals surface area contributed by atoms with Crippen molar-refractivity contribution in [3.63, 3.8) is 0 Å². The Morgan fingerprint density at radius 2 is 1.95 bits per heavy atom. The molecule has 0 aromatic heterocycles. The molecule has 2 rings (SSSR count). The molecule has 0 spiro atoms. The Bertz CT molecular complexity index is 640. The Hall–Kier alpha value is -1.65. The Kier molecular flexibility index (Phi) is 5.53. The van der Waals surface area contributed by atoms with E-state index in [0.717, 1.165) is 39.8 Å². The third-order valence-corrected chi connectivity index (χ3v) is 3.84. The molecule has 110 valence electrons. The average Bonchev–Trinajstić information content (AvgIpc) is 2.48. The number of benzene rings is 2.